The van der Waals surface area contributed by atoms with Gasteiger partial charge in [-0.1, -0.05) is 42.0 Å². The Labute approximate surface area is 117 Å². The molecule has 1 unspecified atom stereocenters. The summed E-state index contributed by atoms with van der Waals surface area (Å²) in [7, 11) is 0. The minimum absolute atomic E-state index is 0.272. The summed E-state index contributed by atoms with van der Waals surface area (Å²) in [5.74, 6) is -0.272. The number of hydrogen-bond donors (Lipinski definition) is 0. The quantitative estimate of drug-likeness (QED) is 0.788. The zero-order valence-corrected chi connectivity index (χ0v) is 11.5. The predicted molar refractivity (Wildman–Crippen MR) is 80.0 cm³/mol. The molecular weight excluding hydrogens is 251 g/mol. The molecular formula is C17H15FN2. The van der Waals surface area contributed by atoms with E-state index < -0.39 is 5.66 Å². The van der Waals surface area contributed by atoms with Crippen molar-refractivity contribution in [1.82, 2.24) is 0 Å². The van der Waals surface area contributed by atoms with Gasteiger partial charge in [0, 0.05) is 11.1 Å². The molecule has 0 saturated heterocycles. The fraction of sp³-hybridized carbons (Fsp3) is 0.176. The van der Waals surface area contributed by atoms with E-state index in [1.807, 2.05) is 38.1 Å². The SMILES string of the molecule is Cc1ccc(C2(C)N=CC(c3ccccc3F)=N2)cc1. The van der Waals surface area contributed by atoms with Crippen molar-refractivity contribution in [3.05, 3.63) is 71.0 Å². The normalized spacial score (nSPS) is 21.1. The molecule has 20 heavy (non-hydrogen) atoms. The molecule has 0 aromatic heterocycles. The van der Waals surface area contributed by atoms with Gasteiger partial charge in [-0.05, 0) is 26.0 Å². The molecule has 0 spiro atoms. The summed E-state index contributed by atoms with van der Waals surface area (Å²) in [6, 6.07) is 14.7. The van der Waals surface area contributed by atoms with Crippen molar-refractivity contribution >= 4 is 11.9 Å². The molecule has 2 nitrogen and oxygen atoms in total. The minimum Gasteiger partial charge on any atom is -0.257 e. The van der Waals surface area contributed by atoms with Crippen LogP contribution in [0.4, 0.5) is 4.39 Å². The highest BCUT2D eigenvalue weighted by molar-refractivity contribution is 6.39. The van der Waals surface area contributed by atoms with Gasteiger partial charge in [0.15, 0.2) is 5.66 Å². The zero-order chi connectivity index (χ0) is 14.2. The van der Waals surface area contributed by atoms with Gasteiger partial charge in [0.1, 0.15) is 5.82 Å². The Morgan fingerprint density at radius 3 is 2.40 bits per heavy atom. The number of hydrogen-bond acceptors (Lipinski definition) is 2. The van der Waals surface area contributed by atoms with Crippen LogP contribution in [0.15, 0.2) is 58.5 Å². The van der Waals surface area contributed by atoms with Crippen molar-refractivity contribution in [3.63, 3.8) is 0 Å². The first-order chi connectivity index (χ1) is 9.58. The molecule has 0 aliphatic carbocycles. The number of aryl methyl sites for hydroxylation is 1. The lowest BCUT2D eigenvalue weighted by Crippen LogP contribution is -2.14. The van der Waals surface area contributed by atoms with Crippen LogP contribution in [0.5, 0.6) is 0 Å². The maximum absolute atomic E-state index is 13.8. The van der Waals surface area contributed by atoms with E-state index in [0.717, 1.165) is 5.56 Å². The second-order valence-corrected chi connectivity index (χ2v) is 5.12. The van der Waals surface area contributed by atoms with Gasteiger partial charge in [-0.25, -0.2) is 9.38 Å². The maximum atomic E-state index is 13.8. The van der Waals surface area contributed by atoms with Crippen molar-refractivity contribution in [1.29, 1.82) is 0 Å². The third-order valence-corrected chi connectivity index (χ3v) is 3.52. The molecule has 1 aliphatic rings. The Balaban J connectivity index is 2.01. The molecule has 2 aromatic rings. The second-order valence-electron chi connectivity index (χ2n) is 5.12. The monoisotopic (exact) mass is 266 g/mol. The number of benzene rings is 2. The summed E-state index contributed by atoms with van der Waals surface area (Å²) in [6.45, 7) is 3.97. The van der Waals surface area contributed by atoms with Crippen LogP contribution in [-0.2, 0) is 5.66 Å². The summed E-state index contributed by atoms with van der Waals surface area (Å²) < 4.78 is 13.8. The number of nitrogens with zero attached hydrogens (tertiary/aromatic N) is 2. The third kappa shape index (κ3) is 2.16. The van der Waals surface area contributed by atoms with Crippen LogP contribution in [0.1, 0.15) is 23.6 Å². The van der Waals surface area contributed by atoms with Crippen molar-refractivity contribution < 1.29 is 4.39 Å². The lowest BCUT2D eigenvalue weighted by atomic mass is 10.0. The molecule has 0 radical (unpaired) electrons. The number of rotatable bonds is 2. The largest absolute Gasteiger partial charge is 0.257 e. The van der Waals surface area contributed by atoms with Crippen LogP contribution in [0.25, 0.3) is 0 Å². The first-order valence-corrected chi connectivity index (χ1v) is 6.56. The number of aliphatic imine (C=N–C) groups is 2. The molecule has 0 N–H and O–H groups in total. The topological polar surface area (TPSA) is 24.7 Å². The Morgan fingerprint density at radius 1 is 1.00 bits per heavy atom. The van der Waals surface area contributed by atoms with Crippen LogP contribution >= 0.6 is 0 Å². The van der Waals surface area contributed by atoms with E-state index in [9.17, 15) is 4.39 Å². The van der Waals surface area contributed by atoms with Crippen LogP contribution < -0.4 is 0 Å². The van der Waals surface area contributed by atoms with E-state index in [1.165, 1.54) is 11.6 Å². The third-order valence-electron chi connectivity index (χ3n) is 3.52. The van der Waals surface area contributed by atoms with Crippen molar-refractivity contribution in [3.8, 4) is 0 Å². The lowest BCUT2D eigenvalue weighted by molar-refractivity contribution is 0.541. The van der Waals surface area contributed by atoms with Gasteiger partial charge in [-0.2, -0.15) is 0 Å². The molecule has 100 valence electrons. The number of halogens is 1. The average Bonchev–Trinajstić information content (AvgIpc) is 2.83. The summed E-state index contributed by atoms with van der Waals surface area (Å²) >= 11 is 0. The van der Waals surface area contributed by atoms with Crippen LogP contribution in [0.2, 0.25) is 0 Å². The van der Waals surface area contributed by atoms with Crippen LogP contribution in [0.3, 0.4) is 0 Å². The van der Waals surface area contributed by atoms with Gasteiger partial charge in [0.25, 0.3) is 0 Å². The van der Waals surface area contributed by atoms with Gasteiger partial charge >= 0.3 is 0 Å². The van der Waals surface area contributed by atoms with Crippen molar-refractivity contribution in [2.75, 3.05) is 0 Å². The highest BCUT2D eigenvalue weighted by atomic mass is 19.1. The van der Waals surface area contributed by atoms with Gasteiger partial charge in [0.2, 0.25) is 0 Å². The van der Waals surface area contributed by atoms with E-state index >= 15 is 0 Å². The van der Waals surface area contributed by atoms with Gasteiger partial charge in [-0.3, -0.25) is 4.99 Å². The standard InChI is InChI=1S/C17H15FN2/c1-12-7-9-13(10-8-12)17(2)19-11-16(20-17)14-5-3-4-6-15(14)18/h3-11H,1-2H3. The highest BCUT2D eigenvalue weighted by Crippen LogP contribution is 2.31. The molecule has 2 aromatic carbocycles. The Bertz CT molecular complexity index is 701. The highest BCUT2D eigenvalue weighted by Gasteiger charge is 2.29. The predicted octanol–water partition coefficient (Wildman–Crippen LogP) is 3.88. The van der Waals surface area contributed by atoms with E-state index in [4.69, 9.17) is 0 Å². The molecule has 1 aliphatic heterocycles. The summed E-state index contributed by atoms with van der Waals surface area (Å²) in [5, 5.41) is 0. The smallest absolute Gasteiger partial charge is 0.173 e. The fourth-order valence-corrected chi connectivity index (χ4v) is 2.29. The molecule has 0 fully saturated rings. The molecule has 3 rings (SSSR count). The summed E-state index contributed by atoms with van der Waals surface area (Å²) in [4.78, 5) is 9.08. The summed E-state index contributed by atoms with van der Waals surface area (Å²) in [6.07, 6.45) is 1.65. The Kier molecular flexibility index (Phi) is 2.97. The minimum atomic E-state index is -0.661. The first kappa shape index (κ1) is 12.7. The molecule has 1 atom stereocenters. The van der Waals surface area contributed by atoms with E-state index in [1.54, 1.807) is 24.4 Å². The molecule has 0 bridgehead atoms. The Morgan fingerprint density at radius 2 is 1.70 bits per heavy atom. The van der Waals surface area contributed by atoms with Gasteiger partial charge < -0.3 is 0 Å². The van der Waals surface area contributed by atoms with E-state index in [2.05, 4.69) is 9.98 Å². The molecule has 1 heterocycles. The average molecular weight is 266 g/mol. The van der Waals surface area contributed by atoms with Crippen molar-refractivity contribution in [2.24, 2.45) is 9.98 Å². The second kappa shape index (κ2) is 4.67. The fourth-order valence-electron chi connectivity index (χ4n) is 2.29. The maximum Gasteiger partial charge on any atom is 0.173 e. The molecule has 3 heteroatoms. The van der Waals surface area contributed by atoms with E-state index in [0.29, 0.717) is 11.3 Å². The van der Waals surface area contributed by atoms with Crippen LogP contribution in [0, 0.1) is 12.7 Å². The van der Waals surface area contributed by atoms with Crippen molar-refractivity contribution in [2.45, 2.75) is 19.5 Å². The van der Waals surface area contributed by atoms with Gasteiger partial charge in [0.05, 0.1) is 11.9 Å². The van der Waals surface area contributed by atoms with E-state index in [-0.39, 0.29) is 5.82 Å². The lowest BCUT2D eigenvalue weighted by Gasteiger charge is -2.18. The molecule has 0 amide bonds. The first-order valence-electron chi connectivity index (χ1n) is 6.56. The summed E-state index contributed by atoms with van der Waals surface area (Å²) in [5.41, 5.74) is 2.62. The van der Waals surface area contributed by atoms with Gasteiger partial charge in [-0.15, -0.1) is 0 Å². The van der Waals surface area contributed by atoms with Crippen LogP contribution in [-0.4, -0.2) is 11.9 Å². The zero-order valence-electron chi connectivity index (χ0n) is 11.5. The Hall–Kier alpha value is -2.29. The molecule has 0 saturated carbocycles.